The van der Waals surface area contributed by atoms with Gasteiger partial charge in [0.25, 0.3) is 5.69 Å². The lowest BCUT2D eigenvalue weighted by atomic mass is 10.1. The second-order valence-electron chi connectivity index (χ2n) is 5.38. The van der Waals surface area contributed by atoms with Crippen molar-refractivity contribution in [2.45, 2.75) is 19.9 Å². The second-order valence-corrected chi connectivity index (χ2v) is 5.38. The molecule has 1 aromatic rings. The van der Waals surface area contributed by atoms with Gasteiger partial charge in [-0.05, 0) is 30.9 Å². The van der Waals surface area contributed by atoms with Crippen molar-refractivity contribution >= 4 is 11.4 Å². The standard InChI is InChI=1S/C13H20N4O2/c1-9-6-11(9)8-16(2)7-10-4-3-5-12(17(18)19)13(10)15-14/h3-5,9,11,15H,6-8,14H2,1-2H3. The Hall–Kier alpha value is -1.66. The van der Waals surface area contributed by atoms with E-state index in [9.17, 15) is 10.1 Å². The third kappa shape index (κ3) is 3.21. The lowest BCUT2D eigenvalue weighted by Crippen LogP contribution is -2.22. The van der Waals surface area contributed by atoms with Crippen molar-refractivity contribution in [2.24, 2.45) is 17.7 Å². The third-order valence-corrected chi connectivity index (χ3v) is 3.73. The number of para-hydroxylation sites is 1. The van der Waals surface area contributed by atoms with E-state index in [1.807, 2.05) is 13.1 Å². The van der Waals surface area contributed by atoms with E-state index in [1.165, 1.54) is 12.5 Å². The predicted octanol–water partition coefficient (Wildman–Crippen LogP) is 1.97. The Morgan fingerprint density at radius 1 is 1.58 bits per heavy atom. The lowest BCUT2D eigenvalue weighted by Gasteiger charge is -2.18. The Morgan fingerprint density at radius 2 is 2.26 bits per heavy atom. The van der Waals surface area contributed by atoms with E-state index in [0.29, 0.717) is 12.2 Å². The van der Waals surface area contributed by atoms with Gasteiger partial charge in [0.1, 0.15) is 5.69 Å². The maximum absolute atomic E-state index is 10.9. The van der Waals surface area contributed by atoms with Crippen molar-refractivity contribution in [3.05, 3.63) is 33.9 Å². The van der Waals surface area contributed by atoms with Gasteiger partial charge >= 0.3 is 0 Å². The summed E-state index contributed by atoms with van der Waals surface area (Å²) in [4.78, 5) is 12.7. The Morgan fingerprint density at radius 3 is 2.79 bits per heavy atom. The van der Waals surface area contributed by atoms with Crippen LogP contribution < -0.4 is 11.3 Å². The molecule has 1 fully saturated rings. The summed E-state index contributed by atoms with van der Waals surface area (Å²) in [7, 11) is 2.03. The average Bonchev–Trinajstić information content (AvgIpc) is 3.04. The number of anilines is 1. The van der Waals surface area contributed by atoms with Crippen LogP contribution in [-0.4, -0.2) is 23.4 Å². The molecule has 2 unspecified atom stereocenters. The molecule has 0 aliphatic heterocycles. The molecule has 0 radical (unpaired) electrons. The van der Waals surface area contributed by atoms with Crippen LogP contribution in [0.1, 0.15) is 18.9 Å². The Balaban J connectivity index is 2.10. The van der Waals surface area contributed by atoms with Crippen molar-refractivity contribution in [1.82, 2.24) is 4.90 Å². The highest BCUT2D eigenvalue weighted by molar-refractivity contribution is 5.65. The van der Waals surface area contributed by atoms with Crippen LogP contribution in [0.2, 0.25) is 0 Å². The van der Waals surface area contributed by atoms with Crippen LogP contribution in [0.4, 0.5) is 11.4 Å². The van der Waals surface area contributed by atoms with Crippen LogP contribution in [-0.2, 0) is 6.54 Å². The van der Waals surface area contributed by atoms with Crippen LogP contribution >= 0.6 is 0 Å². The first-order valence-corrected chi connectivity index (χ1v) is 6.44. The highest BCUT2D eigenvalue weighted by Gasteiger charge is 2.33. The van der Waals surface area contributed by atoms with E-state index in [2.05, 4.69) is 17.2 Å². The van der Waals surface area contributed by atoms with Crippen LogP contribution in [0.25, 0.3) is 0 Å². The summed E-state index contributed by atoms with van der Waals surface area (Å²) in [5.74, 6) is 6.99. The Labute approximate surface area is 112 Å². The molecule has 104 valence electrons. The number of hydrogen-bond donors (Lipinski definition) is 2. The van der Waals surface area contributed by atoms with Gasteiger partial charge in [0.05, 0.1) is 4.92 Å². The zero-order valence-electron chi connectivity index (χ0n) is 11.3. The maximum Gasteiger partial charge on any atom is 0.293 e. The van der Waals surface area contributed by atoms with Gasteiger partial charge < -0.3 is 10.3 Å². The second kappa shape index (κ2) is 5.54. The maximum atomic E-state index is 10.9. The minimum Gasteiger partial charge on any atom is -0.318 e. The van der Waals surface area contributed by atoms with E-state index in [-0.39, 0.29) is 5.69 Å². The number of nitrogens with one attached hydrogen (secondary N) is 1. The third-order valence-electron chi connectivity index (χ3n) is 3.73. The topological polar surface area (TPSA) is 84.4 Å². The molecule has 3 N–H and O–H groups in total. The van der Waals surface area contributed by atoms with Crippen LogP contribution in [0.3, 0.4) is 0 Å². The van der Waals surface area contributed by atoms with Crippen LogP contribution in [0.5, 0.6) is 0 Å². The SMILES string of the molecule is CC1CC1CN(C)Cc1cccc([N+](=O)[O-])c1NN. The van der Waals surface area contributed by atoms with E-state index >= 15 is 0 Å². The molecule has 0 spiro atoms. The molecule has 0 saturated heterocycles. The fourth-order valence-electron chi connectivity index (χ4n) is 2.45. The van der Waals surface area contributed by atoms with E-state index in [4.69, 9.17) is 5.84 Å². The van der Waals surface area contributed by atoms with Crippen molar-refractivity contribution in [2.75, 3.05) is 19.0 Å². The quantitative estimate of drug-likeness (QED) is 0.466. The number of benzene rings is 1. The molecule has 0 heterocycles. The predicted molar refractivity (Wildman–Crippen MR) is 74.5 cm³/mol. The first-order chi connectivity index (χ1) is 9.02. The number of nitro groups is 1. The average molecular weight is 264 g/mol. The molecule has 0 amide bonds. The molecule has 2 rings (SSSR count). The first-order valence-electron chi connectivity index (χ1n) is 6.44. The molecular weight excluding hydrogens is 244 g/mol. The molecule has 1 aromatic carbocycles. The summed E-state index contributed by atoms with van der Waals surface area (Å²) in [6, 6.07) is 5.03. The zero-order chi connectivity index (χ0) is 14.0. The molecule has 1 aliphatic rings. The molecule has 0 aromatic heterocycles. The van der Waals surface area contributed by atoms with E-state index < -0.39 is 4.92 Å². The van der Waals surface area contributed by atoms with Gasteiger partial charge in [-0.15, -0.1) is 0 Å². The highest BCUT2D eigenvalue weighted by Crippen LogP contribution is 2.38. The fraction of sp³-hybridized carbons (Fsp3) is 0.538. The fourth-order valence-corrected chi connectivity index (χ4v) is 2.45. The highest BCUT2D eigenvalue weighted by atomic mass is 16.6. The molecule has 19 heavy (non-hydrogen) atoms. The van der Waals surface area contributed by atoms with Gasteiger partial charge in [-0.1, -0.05) is 19.1 Å². The minimum absolute atomic E-state index is 0.0215. The van der Waals surface area contributed by atoms with Gasteiger partial charge in [0.2, 0.25) is 0 Å². The van der Waals surface area contributed by atoms with Gasteiger partial charge in [0, 0.05) is 19.2 Å². The number of nitrogens with two attached hydrogens (primary N) is 1. The minimum atomic E-state index is -0.415. The number of hydrazine groups is 1. The molecule has 1 aliphatic carbocycles. The van der Waals surface area contributed by atoms with Gasteiger partial charge in [-0.2, -0.15) is 0 Å². The van der Waals surface area contributed by atoms with Gasteiger partial charge in [-0.3, -0.25) is 16.0 Å². The molecule has 0 bridgehead atoms. The van der Waals surface area contributed by atoms with Crippen molar-refractivity contribution in [3.8, 4) is 0 Å². The summed E-state index contributed by atoms with van der Waals surface area (Å²) < 4.78 is 0. The molecular formula is C13H20N4O2. The van der Waals surface area contributed by atoms with Crippen LogP contribution in [0.15, 0.2) is 18.2 Å². The van der Waals surface area contributed by atoms with Crippen molar-refractivity contribution in [1.29, 1.82) is 0 Å². The summed E-state index contributed by atoms with van der Waals surface area (Å²) in [6.07, 6.45) is 1.28. The monoisotopic (exact) mass is 264 g/mol. The normalized spacial score (nSPS) is 21.5. The summed E-state index contributed by atoms with van der Waals surface area (Å²) in [5.41, 5.74) is 3.74. The number of nitrogen functional groups attached to an aromatic ring is 1. The largest absolute Gasteiger partial charge is 0.318 e. The molecule has 6 nitrogen and oxygen atoms in total. The van der Waals surface area contributed by atoms with Crippen molar-refractivity contribution in [3.63, 3.8) is 0 Å². The number of rotatable bonds is 6. The summed E-state index contributed by atoms with van der Waals surface area (Å²) >= 11 is 0. The Bertz CT molecular complexity index is 478. The lowest BCUT2D eigenvalue weighted by molar-refractivity contribution is -0.384. The van der Waals surface area contributed by atoms with Gasteiger partial charge in [0.15, 0.2) is 0 Å². The van der Waals surface area contributed by atoms with E-state index in [0.717, 1.165) is 23.9 Å². The number of hydrogen-bond acceptors (Lipinski definition) is 5. The van der Waals surface area contributed by atoms with E-state index in [1.54, 1.807) is 6.07 Å². The van der Waals surface area contributed by atoms with Crippen molar-refractivity contribution < 1.29 is 4.92 Å². The number of nitro benzene ring substituents is 1. The summed E-state index contributed by atoms with van der Waals surface area (Å²) in [5, 5.41) is 10.9. The van der Waals surface area contributed by atoms with Gasteiger partial charge in [-0.25, -0.2) is 0 Å². The molecule has 2 atom stereocenters. The molecule has 1 saturated carbocycles. The van der Waals surface area contributed by atoms with Crippen LogP contribution in [0, 0.1) is 22.0 Å². The first kappa shape index (κ1) is 13.8. The summed E-state index contributed by atoms with van der Waals surface area (Å²) in [6.45, 7) is 3.93. The molecule has 6 heteroatoms. The smallest absolute Gasteiger partial charge is 0.293 e. The zero-order valence-corrected chi connectivity index (χ0v) is 11.3. The Kier molecular flexibility index (Phi) is 4.01. The number of nitrogens with zero attached hydrogens (tertiary/aromatic N) is 2.